The second-order valence-electron chi connectivity index (χ2n) is 5.87. The van der Waals surface area contributed by atoms with Crippen molar-refractivity contribution in [2.24, 2.45) is 0 Å². The van der Waals surface area contributed by atoms with Crippen LogP contribution >= 0.6 is 0 Å². The first kappa shape index (κ1) is 16.4. The van der Waals surface area contributed by atoms with Crippen molar-refractivity contribution < 1.29 is 13.9 Å². The lowest BCUT2D eigenvalue weighted by Crippen LogP contribution is -2.47. The molecule has 0 aliphatic carbocycles. The summed E-state index contributed by atoms with van der Waals surface area (Å²) in [4.78, 5) is 14.6. The number of rotatable bonds is 4. The van der Waals surface area contributed by atoms with Crippen LogP contribution in [0.3, 0.4) is 0 Å². The van der Waals surface area contributed by atoms with Crippen LogP contribution in [-0.4, -0.2) is 47.4 Å². The minimum atomic E-state index is -1.10. The van der Waals surface area contributed by atoms with E-state index in [0.717, 1.165) is 11.4 Å². The fourth-order valence-corrected chi connectivity index (χ4v) is 2.78. The lowest BCUT2D eigenvalue weighted by atomic mass is 10.1. The van der Waals surface area contributed by atoms with Gasteiger partial charge in [-0.25, -0.2) is 19.3 Å². The maximum Gasteiger partial charge on any atom is 0.213 e. The number of piperidine rings is 1. The monoisotopic (exact) mass is 332 g/mol. The summed E-state index contributed by atoms with van der Waals surface area (Å²) < 4.78 is 25.3. The molecule has 0 radical (unpaired) electrons. The standard InChI is InChI=1S/C17H21FN4O2/c1-11-8-19-12(2)21-17(11)22-7-6-15(14(18)10-22)24-13-4-5-16(23-3)20-9-13/h4-5,8-9,14-15H,6-7,10H2,1-3H3/t14-,15+/m0/s1. The molecular weight excluding hydrogens is 311 g/mol. The third-order valence-corrected chi connectivity index (χ3v) is 4.05. The second-order valence-corrected chi connectivity index (χ2v) is 5.87. The maximum absolute atomic E-state index is 14.6. The zero-order valence-electron chi connectivity index (χ0n) is 14.1. The molecule has 1 aliphatic heterocycles. The highest BCUT2D eigenvalue weighted by Gasteiger charge is 2.32. The molecule has 0 aromatic carbocycles. The van der Waals surface area contributed by atoms with E-state index in [9.17, 15) is 4.39 Å². The van der Waals surface area contributed by atoms with Crippen molar-refractivity contribution >= 4 is 5.82 Å². The van der Waals surface area contributed by atoms with E-state index in [1.807, 2.05) is 18.7 Å². The van der Waals surface area contributed by atoms with Gasteiger partial charge in [0.25, 0.3) is 0 Å². The third-order valence-electron chi connectivity index (χ3n) is 4.05. The first-order chi connectivity index (χ1) is 11.6. The first-order valence-corrected chi connectivity index (χ1v) is 7.93. The van der Waals surface area contributed by atoms with Crippen LogP contribution in [0.15, 0.2) is 24.5 Å². The molecule has 0 saturated carbocycles. The Hall–Kier alpha value is -2.44. The highest BCUT2D eigenvalue weighted by Crippen LogP contribution is 2.26. The van der Waals surface area contributed by atoms with Gasteiger partial charge in [-0.05, 0) is 19.9 Å². The van der Waals surface area contributed by atoms with E-state index in [1.165, 1.54) is 0 Å². The van der Waals surface area contributed by atoms with Gasteiger partial charge in [0, 0.05) is 30.8 Å². The molecule has 24 heavy (non-hydrogen) atoms. The number of anilines is 1. The van der Waals surface area contributed by atoms with Crippen molar-refractivity contribution in [2.75, 3.05) is 25.1 Å². The van der Waals surface area contributed by atoms with Crippen molar-refractivity contribution in [1.29, 1.82) is 0 Å². The number of aryl methyl sites for hydroxylation is 2. The van der Waals surface area contributed by atoms with Crippen LogP contribution < -0.4 is 14.4 Å². The molecule has 6 nitrogen and oxygen atoms in total. The van der Waals surface area contributed by atoms with E-state index in [0.29, 0.717) is 30.4 Å². The topological polar surface area (TPSA) is 60.4 Å². The van der Waals surface area contributed by atoms with Crippen molar-refractivity contribution in [2.45, 2.75) is 32.5 Å². The van der Waals surface area contributed by atoms with Gasteiger partial charge >= 0.3 is 0 Å². The number of aromatic nitrogens is 3. The van der Waals surface area contributed by atoms with Crippen LogP contribution in [0, 0.1) is 13.8 Å². The Kier molecular flexibility index (Phi) is 4.78. The molecule has 3 heterocycles. The van der Waals surface area contributed by atoms with Gasteiger partial charge in [0.1, 0.15) is 23.5 Å². The highest BCUT2D eigenvalue weighted by atomic mass is 19.1. The lowest BCUT2D eigenvalue weighted by molar-refractivity contribution is 0.0814. The number of alkyl halides is 1. The van der Waals surface area contributed by atoms with Crippen LogP contribution in [0.1, 0.15) is 17.8 Å². The van der Waals surface area contributed by atoms with E-state index < -0.39 is 12.3 Å². The summed E-state index contributed by atoms with van der Waals surface area (Å²) in [5.74, 6) is 2.54. The third kappa shape index (κ3) is 3.55. The van der Waals surface area contributed by atoms with Crippen molar-refractivity contribution in [3.63, 3.8) is 0 Å². The first-order valence-electron chi connectivity index (χ1n) is 7.93. The summed E-state index contributed by atoms with van der Waals surface area (Å²) in [5.41, 5.74) is 0.950. The Morgan fingerprint density at radius 2 is 2.04 bits per heavy atom. The van der Waals surface area contributed by atoms with Crippen molar-refractivity contribution in [3.8, 4) is 11.6 Å². The van der Waals surface area contributed by atoms with Gasteiger partial charge in [-0.1, -0.05) is 0 Å². The Labute approximate surface area is 140 Å². The fourth-order valence-electron chi connectivity index (χ4n) is 2.78. The molecule has 3 rings (SSSR count). The van der Waals surface area contributed by atoms with E-state index >= 15 is 0 Å². The minimum absolute atomic E-state index is 0.255. The number of nitrogens with zero attached hydrogens (tertiary/aromatic N) is 4. The minimum Gasteiger partial charge on any atom is -0.486 e. The highest BCUT2D eigenvalue weighted by molar-refractivity contribution is 5.46. The van der Waals surface area contributed by atoms with Gasteiger partial charge in [0.15, 0.2) is 6.17 Å². The van der Waals surface area contributed by atoms with Gasteiger partial charge < -0.3 is 14.4 Å². The Bertz CT molecular complexity index is 695. The largest absolute Gasteiger partial charge is 0.486 e. The predicted octanol–water partition coefficient (Wildman–Crippen LogP) is 2.49. The van der Waals surface area contributed by atoms with Crippen LogP contribution in [0.25, 0.3) is 0 Å². The van der Waals surface area contributed by atoms with Crippen LogP contribution in [0.5, 0.6) is 11.6 Å². The number of pyridine rings is 1. The predicted molar refractivity (Wildman–Crippen MR) is 88.4 cm³/mol. The Morgan fingerprint density at radius 1 is 1.21 bits per heavy atom. The lowest BCUT2D eigenvalue weighted by Gasteiger charge is -2.36. The molecule has 1 saturated heterocycles. The average Bonchev–Trinajstić information content (AvgIpc) is 2.59. The zero-order chi connectivity index (χ0) is 17.1. The maximum atomic E-state index is 14.6. The molecule has 0 unspecified atom stereocenters. The fraction of sp³-hybridized carbons (Fsp3) is 0.471. The van der Waals surface area contributed by atoms with Crippen LogP contribution in [0.4, 0.5) is 10.2 Å². The molecule has 1 fully saturated rings. The van der Waals surface area contributed by atoms with Gasteiger partial charge in [-0.2, -0.15) is 0 Å². The summed E-state index contributed by atoms with van der Waals surface area (Å²) in [6.45, 7) is 4.72. The van der Waals surface area contributed by atoms with Crippen LogP contribution in [-0.2, 0) is 0 Å². The molecule has 2 aromatic heterocycles. The molecule has 0 spiro atoms. The number of hydrogen-bond acceptors (Lipinski definition) is 6. The smallest absolute Gasteiger partial charge is 0.213 e. The van der Waals surface area contributed by atoms with Gasteiger partial charge in [-0.15, -0.1) is 0 Å². The van der Waals surface area contributed by atoms with Crippen LogP contribution in [0.2, 0.25) is 0 Å². The molecular formula is C17H21FN4O2. The summed E-state index contributed by atoms with van der Waals surface area (Å²) in [6.07, 6.45) is 2.32. The average molecular weight is 332 g/mol. The van der Waals surface area contributed by atoms with Gasteiger partial charge in [0.05, 0.1) is 19.9 Å². The number of methoxy groups -OCH3 is 1. The molecule has 1 aliphatic rings. The molecule has 2 atom stereocenters. The Morgan fingerprint density at radius 3 is 2.71 bits per heavy atom. The molecule has 7 heteroatoms. The number of halogens is 1. The van der Waals surface area contributed by atoms with E-state index in [-0.39, 0.29) is 6.54 Å². The number of ether oxygens (including phenoxy) is 2. The summed E-state index contributed by atoms with van der Waals surface area (Å²) in [7, 11) is 1.55. The zero-order valence-corrected chi connectivity index (χ0v) is 14.1. The van der Waals surface area contributed by atoms with Gasteiger partial charge in [0.2, 0.25) is 5.88 Å². The molecule has 128 valence electrons. The van der Waals surface area contributed by atoms with Crippen molar-refractivity contribution in [3.05, 3.63) is 35.9 Å². The Balaban J connectivity index is 1.65. The SMILES string of the molecule is COc1ccc(O[C@@H]2CCN(c3nc(C)ncc3C)C[C@@H]2F)cn1. The summed E-state index contributed by atoms with van der Waals surface area (Å²) in [6, 6.07) is 3.44. The van der Waals surface area contributed by atoms with Crippen molar-refractivity contribution in [1.82, 2.24) is 15.0 Å². The molecule has 2 aromatic rings. The normalized spacial score (nSPS) is 20.8. The summed E-state index contributed by atoms with van der Waals surface area (Å²) in [5, 5.41) is 0. The molecule has 0 amide bonds. The van der Waals surface area contributed by atoms with E-state index in [1.54, 1.807) is 31.6 Å². The number of hydrogen-bond donors (Lipinski definition) is 0. The van der Waals surface area contributed by atoms with E-state index in [2.05, 4.69) is 15.0 Å². The summed E-state index contributed by atoms with van der Waals surface area (Å²) >= 11 is 0. The second kappa shape index (κ2) is 6.98. The van der Waals surface area contributed by atoms with Gasteiger partial charge in [-0.3, -0.25) is 0 Å². The quantitative estimate of drug-likeness (QED) is 0.857. The molecule has 0 N–H and O–H groups in total. The van der Waals surface area contributed by atoms with E-state index in [4.69, 9.17) is 9.47 Å². The molecule has 0 bridgehead atoms.